The van der Waals surface area contributed by atoms with E-state index in [1.54, 1.807) is 0 Å². The first-order chi connectivity index (χ1) is 11.4. The Morgan fingerprint density at radius 2 is 0.957 bits per heavy atom. The monoisotopic (exact) mass is 320 g/mol. The van der Waals surface area contributed by atoms with Crippen molar-refractivity contribution >= 4 is 0 Å². The van der Waals surface area contributed by atoms with Crippen LogP contribution in [0.4, 0.5) is 0 Å². The molecule has 2 nitrogen and oxygen atoms in total. The van der Waals surface area contributed by atoms with Crippen molar-refractivity contribution in [3.63, 3.8) is 0 Å². The molecule has 0 aromatic rings. The summed E-state index contributed by atoms with van der Waals surface area (Å²) in [5, 5.41) is 8.45. The fraction of sp³-hybridized carbons (Fsp3) is 0.857. The zero-order valence-electron chi connectivity index (χ0n) is 15.4. The second-order valence-electron chi connectivity index (χ2n) is 6.70. The predicted octanol–water partition coefficient (Wildman–Crippen LogP) is 6.66. The molecular weight excluding hydrogens is 280 g/mol. The molecule has 0 aromatic carbocycles. The van der Waals surface area contributed by atoms with Crippen LogP contribution in [0.5, 0.6) is 0 Å². The minimum absolute atomic E-state index is 0.740. The molecule has 2 N–H and O–H groups in total. The summed E-state index contributed by atoms with van der Waals surface area (Å²) in [6.07, 6.45) is 26.5. The largest absolute Gasteiger partial charge is 0.330 e. The number of nitrogens with zero attached hydrogens (tertiary/aromatic N) is 1. The summed E-state index contributed by atoms with van der Waals surface area (Å²) in [7, 11) is 0. The highest BCUT2D eigenvalue weighted by molar-refractivity contribution is 4.81. The van der Waals surface area contributed by atoms with E-state index in [2.05, 4.69) is 18.2 Å². The van der Waals surface area contributed by atoms with Crippen LogP contribution < -0.4 is 5.73 Å². The van der Waals surface area contributed by atoms with E-state index < -0.39 is 0 Å². The number of nitrogens with two attached hydrogens (primary N) is 1. The first-order valence-corrected chi connectivity index (χ1v) is 10.1. The summed E-state index contributed by atoms with van der Waals surface area (Å²) in [6, 6.07) is 2.22. The number of unbranched alkanes of at least 4 members (excludes halogenated alkanes) is 15. The van der Waals surface area contributed by atoms with Gasteiger partial charge in [-0.15, -0.1) is 0 Å². The molecule has 0 radical (unpaired) electrons. The van der Waals surface area contributed by atoms with Gasteiger partial charge >= 0.3 is 0 Å². The summed E-state index contributed by atoms with van der Waals surface area (Å²) < 4.78 is 0. The lowest BCUT2D eigenvalue weighted by molar-refractivity contribution is 0.547. The van der Waals surface area contributed by atoms with Crippen molar-refractivity contribution in [2.24, 2.45) is 5.73 Å². The van der Waals surface area contributed by atoms with Gasteiger partial charge in [-0.05, 0) is 45.1 Å². The fourth-order valence-corrected chi connectivity index (χ4v) is 2.88. The third-order valence-corrected chi connectivity index (χ3v) is 4.40. The normalized spacial score (nSPS) is 11.1. The maximum atomic E-state index is 8.45. The van der Waals surface area contributed by atoms with E-state index in [0.717, 1.165) is 19.4 Å². The maximum Gasteiger partial charge on any atom is 0.0621 e. The Morgan fingerprint density at radius 1 is 0.565 bits per heavy atom. The summed E-state index contributed by atoms with van der Waals surface area (Å²) >= 11 is 0. The number of hydrogen-bond donors (Lipinski definition) is 1. The molecule has 0 spiro atoms. The Morgan fingerprint density at radius 3 is 1.39 bits per heavy atom. The fourth-order valence-electron chi connectivity index (χ4n) is 2.88. The van der Waals surface area contributed by atoms with Crippen LogP contribution in [0.25, 0.3) is 0 Å². The second kappa shape index (κ2) is 21.2. The van der Waals surface area contributed by atoms with Gasteiger partial charge in [-0.3, -0.25) is 0 Å². The van der Waals surface area contributed by atoms with Gasteiger partial charge in [0, 0.05) is 6.42 Å². The lowest BCUT2D eigenvalue weighted by atomic mass is 10.0. The summed E-state index contributed by atoms with van der Waals surface area (Å²) in [5.74, 6) is 0. The van der Waals surface area contributed by atoms with Gasteiger partial charge in [-0.1, -0.05) is 76.4 Å². The molecular formula is C21H40N2. The molecule has 0 unspecified atom stereocenters. The van der Waals surface area contributed by atoms with E-state index >= 15 is 0 Å². The molecule has 0 heterocycles. The lowest BCUT2D eigenvalue weighted by Gasteiger charge is -2.02. The molecule has 134 valence electrons. The Kier molecular flexibility index (Phi) is 20.4. The molecule has 0 atom stereocenters. The van der Waals surface area contributed by atoms with Crippen LogP contribution in [0.1, 0.15) is 109 Å². The van der Waals surface area contributed by atoms with Crippen LogP contribution in [0.15, 0.2) is 12.2 Å². The highest BCUT2D eigenvalue weighted by Crippen LogP contribution is 2.12. The third-order valence-electron chi connectivity index (χ3n) is 4.40. The van der Waals surface area contributed by atoms with Gasteiger partial charge < -0.3 is 5.73 Å². The second-order valence-corrected chi connectivity index (χ2v) is 6.70. The summed E-state index contributed by atoms with van der Waals surface area (Å²) in [6.45, 7) is 0.839. The highest BCUT2D eigenvalue weighted by atomic mass is 14.5. The van der Waals surface area contributed by atoms with Gasteiger partial charge in [0.15, 0.2) is 0 Å². The van der Waals surface area contributed by atoms with Crippen molar-refractivity contribution in [2.45, 2.75) is 109 Å². The summed E-state index contributed by atoms with van der Waals surface area (Å²) in [5.41, 5.74) is 5.48. The van der Waals surface area contributed by atoms with Crippen molar-refractivity contribution in [1.82, 2.24) is 0 Å². The van der Waals surface area contributed by atoms with Crippen LogP contribution in [0.2, 0.25) is 0 Å². The minimum atomic E-state index is 0.740. The number of allylic oxidation sites excluding steroid dienone is 2. The van der Waals surface area contributed by atoms with Crippen LogP contribution in [0.3, 0.4) is 0 Å². The molecule has 0 amide bonds. The molecule has 0 aromatic heterocycles. The SMILES string of the molecule is N#CCCCCCCCCCCCCC/C=C\CCCCCN. The van der Waals surface area contributed by atoms with Gasteiger partial charge in [0.25, 0.3) is 0 Å². The zero-order valence-corrected chi connectivity index (χ0v) is 15.4. The predicted molar refractivity (Wildman–Crippen MR) is 102 cm³/mol. The Balaban J connectivity index is 3.02. The van der Waals surface area contributed by atoms with Crippen molar-refractivity contribution in [3.8, 4) is 6.07 Å². The molecule has 0 bridgehead atoms. The zero-order chi connectivity index (χ0) is 16.8. The van der Waals surface area contributed by atoms with Crippen LogP contribution in [-0.4, -0.2) is 6.54 Å². The van der Waals surface area contributed by atoms with Crippen molar-refractivity contribution in [3.05, 3.63) is 12.2 Å². The summed E-state index contributed by atoms with van der Waals surface area (Å²) in [4.78, 5) is 0. The van der Waals surface area contributed by atoms with Gasteiger partial charge in [-0.2, -0.15) is 5.26 Å². The van der Waals surface area contributed by atoms with E-state index in [9.17, 15) is 0 Å². The molecule has 0 rings (SSSR count). The molecule has 23 heavy (non-hydrogen) atoms. The molecule has 0 saturated heterocycles. The first kappa shape index (κ1) is 22.2. The van der Waals surface area contributed by atoms with E-state index in [1.165, 1.54) is 96.3 Å². The number of nitriles is 1. The van der Waals surface area contributed by atoms with Crippen LogP contribution >= 0.6 is 0 Å². The highest BCUT2D eigenvalue weighted by Gasteiger charge is 1.93. The topological polar surface area (TPSA) is 49.8 Å². The van der Waals surface area contributed by atoms with Gasteiger partial charge in [0.05, 0.1) is 6.07 Å². The first-order valence-electron chi connectivity index (χ1n) is 10.1. The van der Waals surface area contributed by atoms with E-state index in [1.807, 2.05) is 0 Å². The molecule has 2 heteroatoms. The quantitative estimate of drug-likeness (QED) is 0.227. The third kappa shape index (κ3) is 21.2. The molecule has 0 saturated carbocycles. The van der Waals surface area contributed by atoms with Crippen molar-refractivity contribution in [1.29, 1.82) is 5.26 Å². The molecule has 0 fully saturated rings. The van der Waals surface area contributed by atoms with E-state index in [-0.39, 0.29) is 0 Å². The molecule has 0 aliphatic rings. The molecule has 0 aliphatic carbocycles. The van der Waals surface area contributed by atoms with Crippen molar-refractivity contribution in [2.75, 3.05) is 6.54 Å². The van der Waals surface area contributed by atoms with Gasteiger partial charge in [0.1, 0.15) is 0 Å². The Bertz CT molecular complexity index is 278. The van der Waals surface area contributed by atoms with Crippen molar-refractivity contribution < 1.29 is 0 Å². The lowest BCUT2D eigenvalue weighted by Crippen LogP contribution is -1.97. The van der Waals surface area contributed by atoms with Crippen LogP contribution in [-0.2, 0) is 0 Å². The van der Waals surface area contributed by atoms with E-state index in [0.29, 0.717) is 0 Å². The van der Waals surface area contributed by atoms with Gasteiger partial charge in [-0.25, -0.2) is 0 Å². The average Bonchev–Trinajstić information content (AvgIpc) is 2.57. The minimum Gasteiger partial charge on any atom is -0.330 e. The molecule has 0 aliphatic heterocycles. The van der Waals surface area contributed by atoms with E-state index in [4.69, 9.17) is 11.0 Å². The number of rotatable bonds is 18. The van der Waals surface area contributed by atoms with Gasteiger partial charge in [0.2, 0.25) is 0 Å². The number of hydrogen-bond acceptors (Lipinski definition) is 2. The van der Waals surface area contributed by atoms with Crippen LogP contribution in [0, 0.1) is 11.3 Å². The Hall–Kier alpha value is -0.810. The average molecular weight is 321 g/mol. The smallest absolute Gasteiger partial charge is 0.0621 e. The Labute approximate surface area is 145 Å². The standard InChI is InChI=1S/C21H40N2/c22-20-18-16-14-12-10-8-6-4-2-1-3-5-7-9-11-13-15-17-19-21-23/h8,10H,1-7,9,11-20,22H2/b10-8-. The maximum absolute atomic E-state index is 8.45.